The molecule has 3 N–H and O–H groups in total. The van der Waals surface area contributed by atoms with Crippen molar-refractivity contribution in [1.29, 1.82) is 0 Å². The topological polar surface area (TPSA) is 61.4 Å². The lowest BCUT2D eigenvalue weighted by atomic mass is 9.77. The van der Waals surface area contributed by atoms with Crippen molar-refractivity contribution in [3.63, 3.8) is 0 Å². The lowest BCUT2D eigenvalue weighted by Gasteiger charge is -2.41. The Labute approximate surface area is 113 Å². The van der Waals surface area contributed by atoms with E-state index in [1.54, 1.807) is 0 Å². The molecule has 4 heteroatoms. The van der Waals surface area contributed by atoms with Crippen LogP contribution in [0.25, 0.3) is 0 Å². The Balaban J connectivity index is 1.76. The second kappa shape index (κ2) is 4.85. The van der Waals surface area contributed by atoms with Gasteiger partial charge < -0.3 is 15.7 Å². The Bertz CT molecular complexity index is 489. The highest BCUT2D eigenvalue weighted by molar-refractivity contribution is 5.95. The molecule has 1 aliphatic heterocycles. The van der Waals surface area contributed by atoms with Crippen molar-refractivity contribution >= 4 is 11.6 Å². The number of fused-ring (bicyclic) bond motifs is 1. The molecule has 1 aromatic carbocycles. The first-order valence-corrected chi connectivity index (χ1v) is 7.03. The van der Waals surface area contributed by atoms with Crippen molar-refractivity contribution in [2.24, 2.45) is 0 Å². The van der Waals surface area contributed by atoms with Gasteiger partial charge in [-0.3, -0.25) is 4.79 Å². The molecular formula is C15H20N2O2. The van der Waals surface area contributed by atoms with E-state index in [0.717, 1.165) is 44.3 Å². The third-order valence-corrected chi connectivity index (χ3v) is 4.30. The van der Waals surface area contributed by atoms with Gasteiger partial charge in [-0.05, 0) is 55.9 Å². The lowest BCUT2D eigenvalue weighted by Crippen LogP contribution is -2.56. The molecule has 102 valence electrons. The summed E-state index contributed by atoms with van der Waals surface area (Å²) in [6, 6.07) is 5.81. The summed E-state index contributed by atoms with van der Waals surface area (Å²) in [5.74, 6) is -0.0675. The van der Waals surface area contributed by atoms with Crippen LogP contribution < -0.4 is 10.6 Å². The average Bonchev–Trinajstić information content (AvgIpc) is 2.42. The van der Waals surface area contributed by atoms with Crippen LogP contribution in [0.15, 0.2) is 18.2 Å². The quantitative estimate of drug-likeness (QED) is 0.775. The molecule has 0 radical (unpaired) electrons. The Morgan fingerprint density at radius 2 is 2.21 bits per heavy atom. The summed E-state index contributed by atoms with van der Waals surface area (Å²) in [6.07, 6.45) is 4.96. The molecule has 1 aliphatic carbocycles. The minimum atomic E-state index is -0.370. The van der Waals surface area contributed by atoms with E-state index in [4.69, 9.17) is 0 Å². The van der Waals surface area contributed by atoms with E-state index in [2.05, 4.69) is 10.6 Å². The molecule has 3 rings (SSSR count). The van der Waals surface area contributed by atoms with Gasteiger partial charge in [0.15, 0.2) is 0 Å². The Hall–Kier alpha value is -1.55. The van der Waals surface area contributed by atoms with Crippen LogP contribution in [0.3, 0.4) is 0 Å². The summed E-state index contributed by atoms with van der Waals surface area (Å²) >= 11 is 0. The van der Waals surface area contributed by atoms with Crippen molar-refractivity contribution in [2.75, 3.05) is 18.5 Å². The monoisotopic (exact) mass is 260 g/mol. The smallest absolute Gasteiger partial charge is 0.251 e. The average molecular weight is 260 g/mol. The summed E-state index contributed by atoms with van der Waals surface area (Å²) in [5.41, 5.74) is 2.68. The fourth-order valence-corrected chi connectivity index (χ4v) is 2.86. The van der Waals surface area contributed by atoms with E-state index in [-0.39, 0.29) is 18.1 Å². The van der Waals surface area contributed by atoms with Crippen molar-refractivity contribution in [3.05, 3.63) is 29.3 Å². The number of hydrogen-bond acceptors (Lipinski definition) is 3. The van der Waals surface area contributed by atoms with E-state index in [1.165, 1.54) is 5.56 Å². The third kappa shape index (κ3) is 2.32. The summed E-state index contributed by atoms with van der Waals surface area (Å²) in [6.45, 7) is 1.04. The number of anilines is 1. The lowest BCUT2D eigenvalue weighted by molar-refractivity contribution is 0.0641. The van der Waals surface area contributed by atoms with Gasteiger partial charge >= 0.3 is 0 Å². The van der Waals surface area contributed by atoms with Crippen LogP contribution in [0.2, 0.25) is 0 Å². The van der Waals surface area contributed by atoms with Gasteiger partial charge in [-0.25, -0.2) is 0 Å². The van der Waals surface area contributed by atoms with Crippen molar-refractivity contribution < 1.29 is 9.90 Å². The molecule has 1 fully saturated rings. The molecule has 0 aromatic heterocycles. The second-order valence-corrected chi connectivity index (χ2v) is 5.65. The van der Waals surface area contributed by atoms with Gasteiger partial charge in [-0.2, -0.15) is 0 Å². The van der Waals surface area contributed by atoms with E-state index >= 15 is 0 Å². The van der Waals surface area contributed by atoms with E-state index in [0.29, 0.717) is 5.56 Å². The third-order valence-electron chi connectivity index (χ3n) is 4.30. The largest absolute Gasteiger partial charge is 0.394 e. The summed E-state index contributed by atoms with van der Waals surface area (Å²) in [7, 11) is 0. The Kier molecular flexibility index (Phi) is 3.19. The minimum absolute atomic E-state index is 0.0330. The number of benzene rings is 1. The summed E-state index contributed by atoms with van der Waals surface area (Å²) in [4.78, 5) is 12.3. The number of carbonyl (C=O) groups is 1. The highest BCUT2D eigenvalue weighted by Gasteiger charge is 2.37. The number of aliphatic hydroxyl groups is 1. The molecule has 2 aliphatic rings. The van der Waals surface area contributed by atoms with Gasteiger partial charge in [-0.1, -0.05) is 0 Å². The summed E-state index contributed by atoms with van der Waals surface area (Å²) in [5, 5.41) is 15.7. The van der Waals surface area contributed by atoms with Gasteiger partial charge in [0, 0.05) is 17.8 Å². The maximum Gasteiger partial charge on any atom is 0.251 e. The molecule has 1 saturated carbocycles. The molecule has 0 atom stereocenters. The molecule has 1 amide bonds. The van der Waals surface area contributed by atoms with Crippen LogP contribution >= 0.6 is 0 Å². The molecule has 0 bridgehead atoms. The number of rotatable bonds is 3. The number of nitrogens with one attached hydrogen (secondary N) is 2. The summed E-state index contributed by atoms with van der Waals surface area (Å²) < 4.78 is 0. The molecule has 19 heavy (non-hydrogen) atoms. The highest BCUT2D eigenvalue weighted by atomic mass is 16.3. The predicted molar refractivity (Wildman–Crippen MR) is 74.4 cm³/mol. The number of hydrogen-bond donors (Lipinski definition) is 3. The van der Waals surface area contributed by atoms with Crippen molar-refractivity contribution in [3.8, 4) is 0 Å². The predicted octanol–water partition coefficient (Wildman–Crippen LogP) is 1.69. The highest BCUT2D eigenvalue weighted by Crippen LogP contribution is 2.31. The maximum atomic E-state index is 12.3. The van der Waals surface area contributed by atoms with Gasteiger partial charge in [0.2, 0.25) is 0 Å². The van der Waals surface area contributed by atoms with E-state index in [1.807, 2.05) is 18.2 Å². The minimum Gasteiger partial charge on any atom is -0.394 e. The molecule has 0 spiro atoms. The maximum absolute atomic E-state index is 12.3. The van der Waals surface area contributed by atoms with Crippen molar-refractivity contribution in [2.45, 2.75) is 37.6 Å². The zero-order chi connectivity index (χ0) is 13.3. The van der Waals surface area contributed by atoms with Crippen LogP contribution in [0.4, 0.5) is 5.69 Å². The van der Waals surface area contributed by atoms with Crippen LogP contribution in [0, 0.1) is 0 Å². The zero-order valence-electron chi connectivity index (χ0n) is 11.0. The van der Waals surface area contributed by atoms with Crippen LogP contribution in [0.1, 0.15) is 41.6 Å². The molecule has 1 heterocycles. The van der Waals surface area contributed by atoms with Gasteiger partial charge in [0.25, 0.3) is 5.91 Å². The molecule has 4 nitrogen and oxygen atoms in total. The van der Waals surface area contributed by atoms with E-state index in [9.17, 15) is 9.90 Å². The van der Waals surface area contributed by atoms with Gasteiger partial charge in [0.1, 0.15) is 0 Å². The van der Waals surface area contributed by atoms with Crippen molar-refractivity contribution in [1.82, 2.24) is 5.32 Å². The molecular weight excluding hydrogens is 240 g/mol. The molecule has 1 aromatic rings. The zero-order valence-corrected chi connectivity index (χ0v) is 11.0. The van der Waals surface area contributed by atoms with Crippen LogP contribution in [-0.4, -0.2) is 29.7 Å². The van der Waals surface area contributed by atoms with Gasteiger partial charge in [-0.15, -0.1) is 0 Å². The van der Waals surface area contributed by atoms with E-state index < -0.39 is 0 Å². The Morgan fingerprint density at radius 3 is 2.89 bits per heavy atom. The Morgan fingerprint density at radius 1 is 1.37 bits per heavy atom. The van der Waals surface area contributed by atoms with Crippen LogP contribution in [-0.2, 0) is 6.42 Å². The number of amides is 1. The van der Waals surface area contributed by atoms with Gasteiger partial charge in [0.05, 0.1) is 12.1 Å². The first kappa shape index (κ1) is 12.5. The normalized spacial score (nSPS) is 19.8. The number of aryl methyl sites for hydroxylation is 1. The number of aliphatic hydroxyl groups excluding tert-OH is 1. The number of carbonyl (C=O) groups excluding carboxylic acids is 1. The first-order chi connectivity index (χ1) is 9.22. The first-order valence-electron chi connectivity index (χ1n) is 7.03. The fourth-order valence-electron chi connectivity index (χ4n) is 2.86. The fraction of sp³-hybridized carbons (Fsp3) is 0.533. The molecule has 0 unspecified atom stereocenters. The second-order valence-electron chi connectivity index (χ2n) is 5.65. The molecule has 0 saturated heterocycles. The van der Waals surface area contributed by atoms with Crippen LogP contribution in [0.5, 0.6) is 0 Å². The SMILES string of the molecule is O=C(NC1(CO)CCC1)c1ccc2c(c1)CCCN2. The standard InChI is InChI=1S/C15H20N2O2/c18-10-15(6-2-7-15)17-14(19)12-4-5-13-11(9-12)3-1-8-16-13/h4-5,9,16,18H,1-3,6-8,10H2,(H,17,19).